The van der Waals surface area contributed by atoms with Gasteiger partial charge in [0.2, 0.25) is 0 Å². The van der Waals surface area contributed by atoms with Gasteiger partial charge in [-0.1, -0.05) is 0 Å². The number of hydrazine groups is 1. The second-order valence-corrected chi connectivity index (χ2v) is 7.35. The maximum absolute atomic E-state index is 13.2. The van der Waals surface area contributed by atoms with Crippen molar-refractivity contribution in [3.63, 3.8) is 0 Å². The number of alkyl halides is 3. The molecule has 0 fully saturated rings. The van der Waals surface area contributed by atoms with E-state index in [0.29, 0.717) is 38.2 Å². The van der Waals surface area contributed by atoms with Crippen molar-refractivity contribution < 1.29 is 37.4 Å². The first-order valence-electron chi connectivity index (χ1n) is 10.1. The molecule has 4 rings (SSSR count). The molecule has 3 aliphatic rings. The zero-order chi connectivity index (χ0) is 25.0. The number of halogens is 4. The molecule has 1 aliphatic carbocycles. The first-order chi connectivity index (χ1) is 16.0. The molecule has 2 aliphatic heterocycles. The Morgan fingerprint density at radius 1 is 1.12 bits per heavy atom. The predicted octanol–water partition coefficient (Wildman–Crippen LogP) is 2.21. The molecule has 0 saturated carbocycles. The van der Waals surface area contributed by atoms with Crippen LogP contribution < -0.4 is 16.5 Å². The van der Waals surface area contributed by atoms with Gasteiger partial charge in [-0.3, -0.25) is 10.4 Å². The smallest absolute Gasteiger partial charge is 0.477 e. The molecule has 0 radical (unpaired) electrons. The fourth-order valence-electron chi connectivity index (χ4n) is 3.52. The van der Waals surface area contributed by atoms with Crippen molar-refractivity contribution in [2.45, 2.75) is 25.4 Å². The minimum atomic E-state index is -5.08. The average molecular weight is 483 g/mol. The molecule has 13 heteroatoms. The van der Waals surface area contributed by atoms with E-state index in [-0.39, 0.29) is 11.5 Å². The molecule has 0 amide bonds. The van der Waals surface area contributed by atoms with Crippen LogP contribution in [0, 0.1) is 5.82 Å². The van der Waals surface area contributed by atoms with E-state index in [1.54, 1.807) is 23.3 Å². The van der Waals surface area contributed by atoms with Crippen molar-refractivity contribution in [1.29, 1.82) is 0 Å². The van der Waals surface area contributed by atoms with Crippen LogP contribution in [0.25, 0.3) is 0 Å². The van der Waals surface area contributed by atoms with Crippen molar-refractivity contribution >= 4 is 17.8 Å². The van der Waals surface area contributed by atoms with E-state index in [0.717, 1.165) is 28.1 Å². The van der Waals surface area contributed by atoms with Gasteiger partial charge in [0.15, 0.2) is 0 Å². The molecule has 1 aromatic carbocycles. The van der Waals surface area contributed by atoms with E-state index in [4.69, 9.17) is 15.6 Å². The van der Waals surface area contributed by atoms with Crippen molar-refractivity contribution in [2.75, 3.05) is 13.1 Å². The number of carbonyl (C=O) groups is 2. The molecule has 2 heterocycles. The van der Waals surface area contributed by atoms with Crippen LogP contribution in [-0.4, -0.2) is 52.3 Å². The highest BCUT2D eigenvalue weighted by Gasteiger charge is 2.38. The number of nitrogens with zero attached hydrogens (tertiary/aromatic N) is 2. The lowest BCUT2D eigenvalue weighted by atomic mass is 9.90. The fraction of sp³-hybridized carbons (Fsp3) is 0.286. The summed E-state index contributed by atoms with van der Waals surface area (Å²) in [5.41, 5.74) is 13.2. The molecule has 0 unspecified atom stereocenters. The Bertz CT molecular complexity index is 1110. The third kappa shape index (κ3) is 5.36. The van der Waals surface area contributed by atoms with Crippen molar-refractivity contribution in [3.05, 3.63) is 70.1 Å². The number of amidine groups is 1. The molecule has 182 valence electrons. The first-order valence-corrected chi connectivity index (χ1v) is 10.1. The number of allylic oxidation sites excluding steroid dienone is 2. The lowest BCUT2D eigenvalue weighted by molar-refractivity contribution is -0.192. The standard InChI is InChI=1S/C19H20FN5O2.C2HF3O2/c20-13-5-2-11(3-6-13)18-22-10-12-4-7-14-16(15(12)23-18)24-25(9-1-8-21)17(14)19(26)27;3-2(4,5)1(6)7/h2-3,5-6,10,24H,1,4,7-9,21H2,(H,22,23)(H,26,27);(H,6,7). The van der Waals surface area contributed by atoms with E-state index < -0.39 is 18.1 Å². The SMILES string of the molecule is NCCCN1NC2=C3NC(c4ccc(F)cc4)=NC=C3CCC2=C1C(=O)O.O=C(O)C(F)(F)F. The number of aliphatic carboxylic acids is 2. The summed E-state index contributed by atoms with van der Waals surface area (Å²) in [6.07, 6.45) is -1.29. The van der Waals surface area contributed by atoms with Gasteiger partial charge in [-0.15, -0.1) is 0 Å². The molecule has 0 aromatic heterocycles. The first kappa shape index (κ1) is 24.8. The van der Waals surface area contributed by atoms with Gasteiger partial charge in [-0.05, 0) is 55.6 Å². The Labute approximate surface area is 190 Å². The highest BCUT2D eigenvalue weighted by Crippen LogP contribution is 2.38. The van der Waals surface area contributed by atoms with Crippen LogP contribution >= 0.6 is 0 Å². The van der Waals surface area contributed by atoms with Gasteiger partial charge < -0.3 is 21.3 Å². The Kier molecular flexibility index (Phi) is 7.25. The van der Waals surface area contributed by atoms with Gasteiger partial charge in [0.1, 0.15) is 17.3 Å². The van der Waals surface area contributed by atoms with Gasteiger partial charge in [0.25, 0.3) is 0 Å². The Morgan fingerprint density at radius 3 is 2.32 bits per heavy atom. The van der Waals surface area contributed by atoms with Crippen LogP contribution in [0.5, 0.6) is 0 Å². The Balaban J connectivity index is 0.000000406. The second kappa shape index (κ2) is 9.95. The van der Waals surface area contributed by atoms with Crippen molar-refractivity contribution in [1.82, 2.24) is 15.8 Å². The van der Waals surface area contributed by atoms with E-state index in [1.165, 1.54) is 12.1 Å². The highest BCUT2D eigenvalue weighted by molar-refractivity contribution is 6.01. The highest BCUT2D eigenvalue weighted by atomic mass is 19.4. The molecule has 0 saturated heterocycles. The number of carboxylic acid groups (broad SMARTS) is 2. The number of hydrogen-bond acceptors (Lipinski definition) is 7. The van der Waals surface area contributed by atoms with Gasteiger partial charge in [0, 0.05) is 23.9 Å². The van der Waals surface area contributed by atoms with E-state index in [2.05, 4.69) is 15.7 Å². The molecular weight excluding hydrogens is 462 g/mol. The average Bonchev–Trinajstić information content (AvgIpc) is 3.17. The van der Waals surface area contributed by atoms with Gasteiger partial charge in [-0.2, -0.15) is 13.2 Å². The van der Waals surface area contributed by atoms with E-state index in [9.17, 15) is 27.5 Å². The molecular formula is C21H21F4N5O4. The minimum Gasteiger partial charge on any atom is -0.477 e. The fourth-order valence-corrected chi connectivity index (χ4v) is 3.52. The maximum Gasteiger partial charge on any atom is 0.490 e. The molecule has 0 spiro atoms. The molecule has 9 nitrogen and oxygen atoms in total. The summed E-state index contributed by atoms with van der Waals surface area (Å²) in [6.45, 7) is 0.994. The van der Waals surface area contributed by atoms with Gasteiger partial charge in [-0.25, -0.2) is 19.0 Å². The molecule has 6 N–H and O–H groups in total. The molecule has 0 atom stereocenters. The predicted molar refractivity (Wildman–Crippen MR) is 112 cm³/mol. The number of nitrogens with one attached hydrogen (secondary N) is 2. The number of nitrogens with two attached hydrogens (primary N) is 1. The number of carboxylic acids is 2. The lowest BCUT2D eigenvalue weighted by Gasteiger charge is -2.27. The van der Waals surface area contributed by atoms with Crippen LogP contribution in [-0.2, 0) is 9.59 Å². The van der Waals surface area contributed by atoms with Crippen LogP contribution in [0.1, 0.15) is 24.8 Å². The molecule has 1 aromatic rings. The van der Waals surface area contributed by atoms with Crippen molar-refractivity contribution in [2.24, 2.45) is 10.7 Å². The normalized spacial score (nSPS) is 16.9. The number of hydrogen-bond donors (Lipinski definition) is 5. The summed E-state index contributed by atoms with van der Waals surface area (Å²) in [7, 11) is 0. The van der Waals surface area contributed by atoms with Crippen molar-refractivity contribution in [3.8, 4) is 0 Å². The van der Waals surface area contributed by atoms with E-state index in [1.807, 2.05) is 0 Å². The van der Waals surface area contributed by atoms with Crippen LogP contribution in [0.4, 0.5) is 17.6 Å². The summed E-state index contributed by atoms with van der Waals surface area (Å²) in [5, 5.41) is 21.8. The zero-order valence-corrected chi connectivity index (χ0v) is 17.6. The van der Waals surface area contributed by atoms with E-state index >= 15 is 0 Å². The Hall–Kier alpha value is -3.87. The lowest BCUT2D eigenvalue weighted by Crippen LogP contribution is -2.37. The van der Waals surface area contributed by atoms with Gasteiger partial charge in [0.05, 0.1) is 11.4 Å². The summed E-state index contributed by atoms with van der Waals surface area (Å²) < 4.78 is 44.9. The molecule has 34 heavy (non-hydrogen) atoms. The molecule has 0 bridgehead atoms. The topological polar surface area (TPSA) is 140 Å². The third-order valence-electron chi connectivity index (χ3n) is 5.06. The largest absolute Gasteiger partial charge is 0.490 e. The quantitative estimate of drug-likeness (QED) is 0.402. The summed E-state index contributed by atoms with van der Waals surface area (Å²) in [6, 6.07) is 6.08. The van der Waals surface area contributed by atoms with Crippen LogP contribution in [0.3, 0.4) is 0 Å². The number of aliphatic imine (C=N–C) groups is 1. The van der Waals surface area contributed by atoms with Crippen LogP contribution in [0.2, 0.25) is 0 Å². The van der Waals surface area contributed by atoms with Crippen LogP contribution in [0.15, 0.2) is 63.7 Å². The summed E-state index contributed by atoms with van der Waals surface area (Å²) >= 11 is 0. The van der Waals surface area contributed by atoms with Gasteiger partial charge >= 0.3 is 18.1 Å². The third-order valence-corrected chi connectivity index (χ3v) is 5.06. The monoisotopic (exact) mass is 483 g/mol. The minimum absolute atomic E-state index is 0.276. The maximum atomic E-state index is 13.2. The number of rotatable bonds is 5. The number of benzene rings is 1. The second-order valence-electron chi connectivity index (χ2n) is 7.35. The zero-order valence-electron chi connectivity index (χ0n) is 17.6. The summed E-state index contributed by atoms with van der Waals surface area (Å²) in [5.74, 6) is -3.43. The Morgan fingerprint density at radius 2 is 1.76 bits per heavy atom. The number of fused-ring (bicyclic) bond motifs is 2. The summed E-state index contributed by atoms with van der Waals surface area (Å²) in [4.78, 5) is 25.2.